The maximum absolute atomic E-state index is 13.1. The highest BCUT2D eigenvalue weighted by Gasteiger charge is 2.20. The second kappa shape index (κ2) is 14.5. The lowest BCUT2D eigenvalue weighted by Gasteiger charge is -2.24. The first-order valence-electron chi connectivity index (χ1n) is 14.1. The zero-order valence-electron chi connectivity index (χ0n) is 23.5. The van der Waals surface area contributed by atoms with Crippen molar-refractivity contribution in [3.8, 4) is 17.2 Å². The number of rotatable bonds is 1. The van der Waals surface area contributed by atoms with Gasteiger partial charge in [0.05, 0.1) is 7.11 Å². The van der Waals surface area contributed by atoms with Crippen LogP contribution >= 0.6 is 0 Å². The molecule has 2 aromatic carbocycles. The van der Waals surface area contributed by atoms with E-state index in [0.29, 0.717) is 62.9 Å². The zero-order chi connectivity index (χ0) is 28.3. The van der Waals surface area contributed by atoms with Crippen molar-refractivity contribution in [2.75, 3.05) is 46.4 Å². The summed E-state index contributed by atoms with van der Waals surface area (Å²) in [5.74, 6) is 1.66. The smallest absolute Gasteiger partial charge is 0.246 e. The Morgan fingerprint density at radius 3 is 2.42 bits per heavy atom. The Labute approximate surface area is 236 Å². The fraction of sp³-hybridized carbons (Fsp3) is 0.452. The molecule has 0 aromatic heterocycles. The lowest BCUT2D eigenvalue weighted by molar-refractivity contribution is -0.129. The summed E-state index contributed by atoms with van der Waals surface area (Å²) in [5.41, 5.74) is 1.79. The molecule has 1 atom stereocenters. The van der Waals surface area contributed by atoms with E-state index in [1.165, 1.54) is 0 Å². The molecule has 3 aliphatic heterocycles. The van der Waals surface area contributed by atoms with E-state index in [-0.39, 0.29) is 30.2 Å². The summed E-state index contributed by atoms with van der Waals surface area (Å²) < 4.78 is 11.8. The molecule has 9 heteroatoms. The molecule has 0 spiro atoms. The number of carbonyl (C=O) groups excluding carboxylic acids is 3. The Balaban J connectivity index is 1.71. The molecule has 1 fully saturated rings. The van der Waals surface area contributed by atoms with Gasteiger partial charge in [0, 0.05) is 58.2 Å². The van der Waals surface area contributed by atoms with E-state index in [0.717, 1.165) is 30.4 Å². The third-order valence-corrected chi connectivity index (χ3v) is 7.29. The minimum absolute atomic E-state index is 0.0433. The summed E-state index contributed by atoms with van der Waals surface area (Å²) in [6.07, 6.45) is 6.64. The number of hydrogen-bond acceptors (Lipinski definition) is 6. The third kappa shape index (κ3) is 8.32. The monoisotopic (exact) mass is 548 g/mol. The minimum Gasteiger partial charge on any atom is -0.493 e. The molecular formula is C31H40N4O5. The topological polar surface area (TPSA) is 100 Å². The number of fused-ring (bicyclic) bond motifs is 3. The van der Waals surface area contributed by atoms with Crippen molar-refractivity contribution in [3.63, 3.8) is 0 Å². The van der Waals surface area contributed by atoms with Crippen LogP contribution in [0.4, 0.5) is 0 Å². The number of nitrogens with zero attached hydrogens (tertiary/aromatic N) is 2. The second-order valence-electron chi connectivity index (χ2n) is 10.2. The quantitative estimate of drug-likeness (QED) is 0.561. The van der Waals surface area contributed by atoms with Gasteiger partial charge in [0.15, 0.2) is 11.5 Å². The van der Waals surface area contributed by atoms with Crippen LogP contribution in [0.5, 0.6) is 17.2 Å². The maximum atomic E-state index is 13.1. The van der Waals surface area contributed by atoms with E-state index in [9.17, 15) is 14.4 Å². The van der Waals surface area contributed by atoms with Gasteiger partial charge in [-0.2, -0.15) is 0 Å². The van der Waals surface area contributed by atoms with Crippen molar-refractivity contribution in [3.05, 3.63) is 59.7 Å². The standard InChI is InChI=1S/C31H40N4O5/c1-23(36)34-17-3-4-18-35-20-6-16-33-30(37)22-27(32-15-5-19-34)25-10-13-28(39-2)29(21-25)40-26-11-7-24(8-12-26)9-14-31(35)38/h7-14,21,27,32H,3-6,15-20,22H2,1-2H3,(H,33,37). The van der Waals surface area contributed by atoms with Crippen molar-refractivity contribution in [1.29, 1.82) is 0 Å². The molecular weight excluding hydrogens is 508 g/mol. The molecule has 0 saturated carbocycles. The first kappa shape index (κ1) is 29.1. The molecule has 9 nitrogen and oxygen atoms in total. The molecule has 3 aliphatic rings. The molecule has 6 bridgehead atoms. The number of nitrogens with one attached hydrogen (secondary N) is 2. The molecule has 0 aliphatic carbocycles. The predicted octanol–water partition coefficient (Wildman–Crippen LogP) is 3.90. The van der Waals surface area contributed by atoms with Gasteiger partial charge in [-0.1, -0.05) is 18.2 Å². The number of carbonyl (C=O) groups is 3. The van der Waals surface area contributed by atoms with E-state index in [4.69, 9.17) is 9.47 Å². The van der Waals surface area contributed by atoms with E-state index < -0.39 is 0 Å². The number of amides is 3. The molecule has 1 saturated heterocycles. The van der Waals surface area contributed by atoms with E-state index in [1.807, 2.05) is 52.3 Å². The van der Waals surface area contributed by atoms with Gasteiger partial charge >= 0.3 is 0 Å². The van der Waals surface area contributed by atoms with Crippen LogP contribution in [0.25, 0.3) is 6.08 Å². The number of ether oxygens (including phenoxy) is 2. The third-order valence-electron chi connectivity index (χ3n) is 7.29. The van der Waals surface area contributed by atoms with Gasteiger partial charge in [-0.15, -0.1) is 0 Å². The molecule has 5 rings (SSSR count). The van der Waals surface area contributed by atoms with Crippen LogP contribution in [0, 0.1) is 0 Å². The fourth-order valence-electron chi connectivity index (χ4n) is 5.01. The minimum atomic E-state index is -0.263. The first-order valence-corrected chi connectivity index (χ1v) is 14.1. The lowest BCUT2D eigenvalue weighted by Crippen LogP contribution is -2.35. The molecule has 3 amide bonds. The summed E-state index contributed by atoms with van der Waals surface area (Å²) >= 11 is 0. The Hall–Kier alpha value is -3.85. The highest BCUT2D eigenvalue weighted by Crippen LogP contribution is 2.35. The molecule has 40 heavy (non-hydrogen) atoms. The molecule has 2 aromatic rings. The van der Waals surface area contributed by atoms with Gasteiger partial charge < -0.3 is 29.9 Å². The van der Waals surface area contributed by atoms with Crippen LogP contribution < -0.4 is 20.1 Å². The molecule has 3 heterocycles. The molecule has 214 valence electrons. The summed E-state index contributed by atoms with van der Waals surface area (Å²) in [6, 6.07) is 13.0. The van der Waals surface area contributed by atoms with Gasteiger partial charge in [-0.05, 0) is 73.7 Å². The molecule has 2 N–H and O–H groups in total. The summed E-state index contributed by atoms with van der Waals surface area (Å²) in [6.45, 7) is 5.13. The Bertz CT molecular complexity index is 1200. The predicted molar refractivity (Wildman–Crippen MR) is 154 cm³/mol. The second-order valence-corrected chi connectivity index (χ2v) is 10.2. The average Bonchev–Trinajstić information content (AvgIpc) is 2.95. The zero-order valence-corrected chi connectivity index (χ0v) is 23.5. The van der Waals surface area contributed by atoms with Gasteiger partial charge in [0.1, 0.15) is 5.75 Å². The Kier molecular flexibility index (Phi) is 10.6. The number of hydrogen-bond donors (Lipinski definition) is 2. The fourth-order valence-corrected chi connectivity index (χ4v) is 5.01. The maximum Gasteiger partial charge on any atom is 0.246 e. The van der Waals surface area contributed by atoms with Gasteiger partial charge in [0.25, 0.3) is 0 Å². The van der Waals surface area contributed by atoms with Gasteiger partial charge in [-0.25, -0.2) is 0 Å². The van der Waals surface area contributed by atoms with Crippen LogP contribution in [0.2, 0.25) is 0 Å². The SMILES string of the molecule is COc1ccc2cc1Oc1ccc(cc1)C=CC(=O)N1CCCCN(C(C)=O)CCCNC2CC(=O)NCCC1. The highest BCUT2D eigenvalue weighted by molar-refractivity contribution is 5.91. The molecule has 1 unspecified atom stereocenters. The Morgan fingerprint density at radius 1 is 0.925 bits per heavy atom. The van der Waals surface area contributed by atoms with Crippen LogP contribution in [0.15, 0.2) is 48.5 Å². The summed E-state index contributed by atoms with van der Waals surface area (Å²) in [7, 11) is 1.59. The van der Waals surface area contributed by atoms with Crippen molar-refractivity contribution in [2.24, 2.45) is 0 Å². The van der Waals surface area contributed by atoms with E-state index >= 15 is 0 Å². The van der Waals surface area contributed by atoms with Crippen LogP contribution in [0.3, 0.4) is 0 Å². The van der Waals surface area contributed by atoms with E-state index in [2.05, 4.69) is 10.6 Å². The van der Waals surface area contributed by atoms with E-state index in [1.54, 1.807) is 26.2 Å². The number of methoxy groups -OCH3 is 1. The van der Waals surface area contributed by atoms with Crippen LogP contribution in [-0.2, 0) is 14.4 Å². The van der Waals surface area contributed by atoms with Crippen molar-refractivity contribution in [2.45, 2.75) is 45.1 Å². The van der Waals surface area contributed by atoms with Crippen molar-refractivity contribution >= 4 is 23.8 Å². The summed E-state index contributed by atoms with van der Waals surface area (Å²) in [4.78, 5) is 42.1. The van der Waals surface area contributed by atoms with Crippen molar-refractivity contribution in [1.82, 2.24) is 20.4 Å². The molecule has 0 radical (unpaired) electrons. The van der Waals surface area contributed by atoms with Crippen LogP contribution in [-0.4, -0.2) is 73.9 Å². The first-order chi connectivity index (χ1) is 19.4. The lowest BCUT2D eigenvalue weighted by atomic mass is 10.0. The normalized spacial score (nSPS) is 19.7. The summed E-state index contributed by atoms with van der Waals surface area (Å²) in [5, 5.41) is 6.56. The van der Waals surface area contributed by atoms with Gasteiger partial charge in [0.2, 0.25) is 17.7 Å². The van der Waals surface area contributed by atoms with Crippen molar-refractivity contribution < 1.29 is 23.9 Å². The number of benzene rings is 2. The van der Waals surface area contributed by atoms with Gasteiger partial charge in [-0.3, -0.25) is 14.4 Å². The average molecular weight is 549 g/mol. The highest BCUT2D eigenvalue weighted by atomic mass is 16.5. The Morgan fingerprint density at radius 2 is 1.65 bits per heavy atom. The largest absolute Gasteiger partial charge is 0.493 e. The van der Waals surface area contributed by atoms with Crippen LogP contribution in [0.1, 0.15) is 56.2 Å².